The summed E-state index contributed by atoms with van der Waals surface area (Å²) in [5.41, 5.74) is 0.930. The third kappa shape index (κ3) is 6.71. The summed E-state index contributed by atoms with van der Waals surface area (Å²) in [6, 6.07) is 12.1. The predicted molar refractivity (Wildman–Crippen MR) is 103 cm³/mol. The molecule has 0 saturated heterocycles. The summed E-state index contributed by atoms with van der Waals surface area (Å²) in [7, 11) is 1.61. The van der Waals surface area contributed by atoms with E-state index in [-0.39, 0.29) is 17.0 Å². The van der Waals surface area contributed by atoms with Crippen LogP contribution >= 0.6 is 27.7 Å². The van der Waals surface area contributed by atoms with Gasteiger partial charge in [0.1, 0.15) is 11.6 Å². The SMILES string of the molecule is COc1ccc(Br)cc1CNC(=O)CCC(C)Sc1ccc(F)cc1. The van der Waals surface area contributed by atoms with E-state index in [9.17, 15) is 9.18 Å². The van der Waals surface area contributed by atoms with Crippen LogP contribution in [0.3, 0.4) is 0 Å². The van der Waals surface area contributed by atoms with E-state index in [1.807, 2.05) is 18.2 Å². The maximum atomic E-state index is 12.9. The molecular weight excluding hydrogens is 405 g/mol. The van der Waals surface area contributed by atoms with Gasteiger partial charge >= 0.3 is 0 Å². The predicted octanol–water partition coefficient (Wildman–Crippen LogP) is 5.17. The van der Waals surface area contributed by atoms with Crippen molar-refractivity contribution in [1.29, 1.82) is 0 Å². The van der Waals surface area contributed by atoms with Crippen molar-refractivity contribution in [3.05, 3.63) is 58.3 Å². The molecule has 1 N–H and O–H groups in total. The molecule has 0 aliphatic heterocycles. The fourth-order valence-corrected chi connectivity index (χ4v) is 3.71. The van der Waals surface area contributed by atoms with Crippen LogP contribution in [0.25, 0.3) is 0 Å². The van der Waals surface area contributed by atoms with E-state index in [4.69, 9.17) is 4.74 Å². The monoisotopic (exact) mass is 425 g/mol. The normalized spacial score (nSPS) is 11.8. The number of methoxy groups -OCH3 is 1. The zero-order valence-electron chi connectivity index (χ0n) is 14.2. The molecule has 2 aromatic rings. The maximum absolute atomic E-state index is 12.9. The summed E-state index contributed by atoms with van der Waals surface area (Å²) in [6.07, 6.45) is 1.20. The Hall–Kier alpha value is -1.53. The minimum Gasteiger partial charge on any atom is -0.496 e. The first-order chi connectivity index (χ1) is 12.0. The minimum absolute atomic E-state index is 0.00795. The van der Waals surface area contributed by atoms with E-state index in [1.165, 1.54) is 12.1 Å². The van der Waals surface area contributed by atoms with Crippen LogP contribution in [-0.2, 0) is 11.3 Å². The van der Waals surface area contributed by atoms with Gasteiger partial charge in [-0.15, -0.1) is 11.8 Å². The lowest BCUT2D eigenvalue weighted by atomic mass is 10.2. The molecule has 0 bridgehead atoms. The van der Waals surface area contributed by atoms with Crippen LogP contribution in [0.1, 0.15) is 25.3 Å². The van der Waals surface area contributed by atoms with Crippen molar-refractivity contribution >= 4 is 33.6 Å². The molecule has 6 heteroatoms. The van der Waals surface area contributed by atoms with E-state index in [0.29, 0.717) is 13.0 Å². The quantitative estimate of drug-likeness (QED) is 0.592. The summed E-state index contributed by atoms with van der Waals surface area (Å²) in [6.45, 7) is 2.50. The third-order valence-electron chi connectivity index (χ3n) is 3.65. The standard InChI is InChI=1S/C19H21BrFNO2S/c1-13(25-17-7-5-16(21)6-8-17)3-10-19(23)22-12-14-11-15(20)4-9-18(14)24-2/h4-9,11,13H,3,10,12H2,1-2H3,(H,22,23). The summed E-state index contributed by atoms with van der Waals surface area (Å²) in [5, 5.41) is 3.20. The number of hydrogen-bond acceptors (Lipinski definition) is 3. The lowest BCUT2D eigenvalue weighted by Gasteiger charge is -2.12. The molecule has 2 aromatic carbocycles. The van der Waals surface area contributed by atoms with E-state index in [1.54, 1.807) is 31.0 Å². The average molecular weight is 426 g/mol. The van der Waals surface area contributed by atoms with Gasteiger partial charge in [0.25, 0.3) is 0 Å². The number of carbonyl (C=O) groups is 1. The molecule has 0 fully saturated rings. The van der Waals surface area contributed by atoms with Crippen molar-refractivity contribution in [2.24, 2.45) is 0 Å². The van der Waals surface area contributed by atoms with Gasteiger partial charge in [-0.1, -0.05) is 22.9 Å². The van der Waals surface area contributed by atoms with Crippen molar-refractivity contribution in [1.82, 2.24) is 5.32 Å². The Morgan fingerprint density at radius 2 is 2.00 bits per heavy atom. The van der Waals surface area contributed by atoms with Crippen molar-refractivity contribution < 1.29 is 13.9 Å². The van der Waals surface area contributed by atoms with Gasteiger partial charge in [0.2, 0.25) is 5.91 Å². The topological polar surface area (TPSA) is 38.3 Å². The number of halogens is 2. The zero-order valence-corrected chi connectivity index (χ0v) is 16.6. The highest BCUT2D eigenvalue weighted by atomic mass is 79.9. The van der Waals surface area contributed by atoms with Crippen LogP contribution in [0, 0.1) is 5.82 Å². The number of rotatable bonds is 8. The minimum atomic E-state index is -0.237. The summed E-state index contributed by atoms with van der Waals surface area (Å²) < 4.78 is 19.2. The molecule has 0 aliphatic rings. The van der Waals surface area contributed by atoms with Crippen LogP contribution in [0.4, 0.5) is 4.39 Å². The summed E-state index contributed by atoms with van der Waals surface area (Å²) >= 11 is 5.07. The van der Waals surface area contributed by atoms with Crippen LogP contribution in [-0.4, -0.2) is 18.3 Å². The summed E-state index contributed by atoms with van der Waals surface area (Å²) in [4.78, 5) is 13.1. The first kappa shape index (κ1) is 19.8. The first-order valence-electron chi connectivity index (χ1n) is 7.99. The smallest absolute Gasteiger partial charge is 0.220 e. The van der Waals surface area contributed by atoms with Gasteiger partial charge in [-0.05, 0) is 48.9 Å². The van der Waals surface area contributed by atoms with Gasteiger partial charge in [-0.2, -0.15) is 0 Å². The van der Waals surface area contributed by atoms with E-state index >= 15 is 0 Å². The molecule has 25 heavy (non-hydrogen) atoms. The number of ether oxygens (including phenoxy) is 1. The average Bonchev–Trinajstić information content (AvgIpc) is 2.60. The fourth-order valence-electron chi connectivity index (χ4n) is 2.31. The molecule has 1 amide bonds. The Kier molecular flexibility index (Phi) is 7.78. The Labute approximate surface area is 160 Å². The highest BCUT2D eigenvalue weighted by molar-refractivity contribution is 9.10. The van der Waals surface area contributed by atoms with Crippen molar-refractivity contribution in [2.45, 2.75) is 36.5 Å². The van der Waals surface area contributed by atoms with Gasteiger partial charge < -0.3 is 10.1 Å². The van der Waals surface area contributed by atoms with Gasteiger partial charge in [0.05, 0.1) is 7.11 Å². The second-order valence-electron chi connectivity index (χ2n) is 5.65. The fraction of sp³-hybridized carbons (Fsp3) is 0.316. The van der Waals surface area contributed by atoms with E-state index < -0.39 is 0 Å². The van der Waals surface area contributed by atoms with E-state index in [0.717, 1.165) is 27.1 Å². The highest BCUT2D eigenvalue weighted by Crippen LogP contribution is 2.26. The molecule has 0 heterocycles. The zero-order chi connectivity index (χ0) is 18.2. The molecule has 0 aliphatic carbocycles. The van der Waals surface area contributed by atoms with Crippen LogP contribution in [0.5, 0.6) is 5.75 Å². The third-order valence-corrected chi connectivity index (χ3v) is 5.32. The van der Waals surface area contributed by atoms with Crippen LogP contribution in [0.2, 0.25) is 0 Å². The van der Waals surface area contributed by atoms with Gasteiger partial charge in [0, 0.05) is 33.1 Å². The second kappa shape index (κ2) is 9.82. The van der Waals surface area contributed by atoms with Gasteiger partial charge in [0.15, 0.2) is 0 Å². The Morgan fingerprint density at radius 1 is 1.28 bits per heavy atom. The second-order valence-corrected chi connectivity index (χ2v) is 8.08. The first-order valence-corrected chi connectivity index (χ1v) is 9.66. The van der Waals surface area contributed by atoms with Crippen molar-refractivity contribution in [3.8, 4) is 5.75 Å². The molecule has 0 radical (unpaired) electrons. The lowest BCUT2D eigenvalue weighted by molar-refractivity contribution is -0.121. The molecular formula is C19H21BrFNO2S. The van der Waals surface area contributed by atoms with Gasteiger partial charge in [-0.3, -0.25) is 4.79 Å². The van der Waals surface area contributed by atoms with Crippen LogP contribution < -0.4 is 10.1 Å². The largest absolute Gasteiger partial charge is 0.496 e. The molecule has 1 atom stereocenters. The number of amides is 1. The highest BCUT2D eigenvalue weighted by Gasteiger charge is 2.10. The molecule has 0 spiro atoms. The van der Waals surface area contributed by atoms with Crippen molar-refractivity contribution in [3.63, 3.8) is 0 Å². The van der Waals surface area contributed by atoms with E-state index in [2.05, 4.69) is 28.2 Å². The van der Waals surface area contributed by atoms with Crippen LogP contribution in [0.15, 0.2) is 51.8 Å². The number of carbonyl (C=O) groups excluding carboxylic acids is 1. The van der Waals surface area contributed by atoms with Crippen molar-refractivity contribution in [2.75, 3.05) is 7.11 Å². The molecule has 134 valence electrons. The number of nitrogens with one attached hydrogen (secondary N) is 1. The Balaban J connectivity index is 1.77. The molecule has 0 saturated carbocycles. The molecule has 1 unspecified atom stereocenters. The number of benzene rings is 2. The molecule has 2 rings (SSSR count). The molecule has 3 nitrogen and oxygen atoms in total. The number of thioether (sulfide) groups is 1. The number of hydrogen-bond donors (Lipinski definition) is 1. The Bertz CT molecular complexity index is 709. The lowest BCUT2D eigenvalue weighted by Crippen LogP contribution is -2.23. The molecule has 0 aromatic heterocycles. The van der Waals surface area contributed by atoms with Gasteiger partial charge in [-0.25, -0.2) is 4.39 Å². The maximum Gasteiger partial charge on any atom is 0.220 e. The Morgan fingerprint density at radius 3 is 2.68 bits per heavy atom. The summed E-state index contributed by atoms with van der Waals surface area (Å²) in [5.74, 6) is 0.525.